The van der Waals surface area contributed by atoms with Crippen LogP contribution in [0.3, 0.4) is 0 Å². The molecular formula is C75H49NO. The van der Waals surface area contributed by atoms with E-state index in [0.717, 1.165) is 61.3 Å². The number of furan rings is 1. The maximum Gasteiger partial charge on any atom is 0.137 e. The van der Waals surface area contributed by atoms with E-state index >= 15 is 0 Å². The number of anilines is 3. The van der Waals surface area contributed by atoms with Crippen LogP contribution >= 0.6 is 0 Å². The van der Waals surface area contributed by atoms with Gasteiger partial charge in [0.15, 0.2) is 0 Å². The van der Waals surface area contributed by atoms with Gasteiger partial charge in [-0.3, -0.25) is 0 Å². The van der Waals surface area contributed by atoms with E-state index in [4.69, 9.17) is 4.42 Å². The quantitative estimate of drug-likeness (QED) is 0.134. The Kier molecular flexibility index (Phi) is 10.5. The van der Waals surface area contributed by atoms with E-state index < -0.39 is 5.41 Å². The summed E-state index contributed by atoms with van der Waals surface area (Å²) in [6.07, 6.45) is 0. The average Bonchev–Trinajstić information content (AvgIpc) is 4.28. The van der Waals surface area contributed by atoms with Crippen LogP contribution in [0, 0.1) is 0 Å². The molecule has 77 heavy (non-hydrogen) atoms. The van der Waals surface area contributed by atoms with Crippen molar-refractivity contribution in [2.24, 2.45) is 0 Å². The van der Waals surface area contributed by atoms with Gasteiger partial charge in [0, 0.05) is 16.6 Å². The molecule has 15 rings (SSSR count). The van der Waals surface area contributed by atoms with Crippen molar-refractivity contribution < 1.29 is 4.42 Å². The number of benzene rings is 13. The number of hydrogen-bond donors (Lipinski definition) is 0. The van der Waals surface area contributed by atoms with E-state index in [-0.39, 0.29) is 0 Å². The van der Waals surface area contributed by atoms with Gasteiger partial charge in [-0.15, -0.1) is 0 Å². The minimum absolute atomic E-state index is 0.585. The van der Waals surface area contributed by atoms with Crippen LogP contribution in [0.2, 0.25) is 0 Å². The van der Waals surface area contributed by atoms with E-state index in [1.165, 1.54) is 77.2 Å². The molecule has 2 nitrogen and oxygen atoms in total. The summed E-state index contributed by atoms with van der Waals surface area (Å²) in [5, 5.41) is 7.02. The van der Waals surface area contributed by atoms with Crippen molar-refractivity contribution in [1.82, 2.24) is 0 Å². The number of fused-ring (bicyclic) bond motifs is 8. The smallest absolute Gasteiger partial charge is 0.137 e. The lowest BCUT2D eigenvalue weighted by Gasteiger charge is -2.35. The largest absolute Gasteiger partial charge is 0.456 e. The Hall–Kier alpha value is -10.0. The zero-order chi connectivity index (χ0) is 50.9. The molecule has 0 unspecified atom stereocenters. The zero-order valence-corrected chi connectivity index (χ0v) is 42.1. The molecule has 2 heteroatoms. The molecule has 1 aliphatic carbocycles. The number of nitrogens with zero attached hydrogens (tertiary/aromatic N) is 1. The normalized spacial score (nSPS) is 12.5. The maximum absolute atomic E-state index is 6.80. The summed E-state index contributed by atoms with van der Waals surface area (Å²) in [5.41, 5.74) is 21.1. The first kappa shape index (κ1) is 44.5. The van der Waals surface area contributed by atoms with Gasteiger partial charge in [-0.2, -0.15) is 0 Å². The van der Waals surface area contributed by atoms with Crippen LogP contribution < -0.4 is 4.90 Å². The Labute approximate surface area is 448 Å². The molecule has 0 fully saturated rings. The molecule has 0 radical (unpaired) electrons. The molecule has 0 spiro atoms. The molecule has 0 aliphatic heterocycles. The van der Waals surface area contributed by atoms with Crippen LogP contribution in [0.1, 0.15) is 22.3 Å². The minimum Gasteiger partial charge on any atom is -0.456 e. The summed E-state index contributed by atoms with van der Waals surface area (Å²) in [5.74, 6) is 0. The van der Waals surface area contributed by atoms with Crippen LogP contribution in [-0.2, 0) is 5.41 Å². The van der Waals surface area contributed by atoms with Crippen LogP contribution in [-0.4, -0.2) is 0 Å². The SMILES string of the molecule is c1ccc(-c2ccc(C3(c4ccc(N(c5ccccc5-c5ccccc5-c5c6ccccc6cc6ccccc56)c5cccc6oc7ccc(-c8ccccc8)cc7c56)cc4)c4ccccc4-c4ccccc43)cc2)cc1. The van der Waals surface area contributed by atoms with Crippen molar-refractivity contribution in [3.05, 3.63) is 320 Å². The third-order valence-corrected chi connectivity index (χ3v) is 16.2. The molecule has 0 bridgehead atoms. The maximum atomic E-state index is 6.80. The summed E-state index contributed by atoms with van der Waals surface area (Å²) >= 11 is 0. The molecule has 0 atom stereocenters. The second-order valence-electron chi connectivity index (χ2n) is 20.3. The predicted octanol–water partition coefficient (Wildman–Crippen LogP) is 20.4. The lowest BCUT2D eigenvalue weighted by atomic mass is 9.67. The molecule has 0 saturated carbocycles. The Morgan fingerprint density at radius 2 is 0.766 bits per heavy atom. The summed E-state index contributed by atoms with van der Waals surface area (Å²) in [7, 11) is 0. The van der Waals surface area contributed by atoms with Gasteiger partial charge in [0.2, 0.25) is 0 Å². The van der Waals surface area contributed by atoms with Crippen LogP contribution in [0.15, 0.2) is 302 Å². The monoisotopic (exact) mass is 979 g/mol. The first-order valence-electron chi connectivity index (χ1n) is 26.6. The van der Waals surface area contributed by atoms with Gasteiger partial charge in [0.1, 0.15) is 11.2 Å². The summed E-state index contributed by atoms with van der Waals surface area (Å²) in [6.45, 7) is 0. The van der Waals surface area contributed by atoms with E-state index in [9.17, 15) is 0 Å². The van der Waals surface area contributed by atoms with Crippen LogP contribution in [0.4, 0.5) is 17.1 Å². The Morgan fingerprint density at radius 1 is 0.286 bits per heavy atom. The van der Waals surface area contributed by atoms with Gasteiger partial charge in [-0.05, 0) is 142 Å². The van der Waals surface area contributed by atoms with E-state index in [1.54, 1.807) is 0 Å². The lowest BCUT2D eigenvalue weighted by molar-refractivity contribution is 0.669. The van der Waals surface area contributed by atoms with Gasteiger partial charge in [0.05, 0.1) is 22.2 Å². The standard InChI is InChI=1S/C75H49NO/c1-3-20-50(21-4-1)52-38-41-56(42-39-52)75(67-33-16-13-29-62(67)63-30-14-17-34-68(63)75)57-43-45-58(46-44-57)76(70-36-19-37-72-74(70)66-49-53(40-47-71(66)77-72)51-22-5-2-6-23-51)69-35-18-15-31-64(69)61-28-11-12-32-65(61)73-59-26-9-7-24-54(59)48-55-25-8-10-27-60(55)73/h1-49H. The molecule has 1 aliphatic rings. The van der Waals surface area contributed by atoms with Crippen molar-refractivity contribution >= 4 is 60.5 Å². The van der Waals surface area contributed by atoms with Gasteiger partial charge < -0.3 is 9.32 Å². The highest BCUT2D eigenvalue weighted by molar-refractivity contribution is 6.17. The van der Waals surface area contributed by atoms with Gasteiger partial charge >= 0.3 is 0 Å². The summed E-state index contributed by atoms with van der Waals surface area (Å²) < 4.78 is 6.80. The van der Waals surface area contributed by atoms with Crippen LogP contribution in [0.5, 0.6) is 0 Å². The third-order valence-electron chi connectivity index (χ3n) is 16.2. The molecule has 0 amide bonds. The van der Waals surface area contributed by atoms with Crippen LogP contribution in [0.25, 0.3) is 99.1 Å². The molecule has 0 saturated heterocycles. The molecule has 13 aromatic carbocycles. The fourth-order valence-electron chi connectivity index (χ4n) is 12.8. The van der Waals surface area contributed by atoms with Crippen molar-refractivity contribution in [3.8, 4) is 55.6 Å². The van der Waals surface area contributed by atoms with E-state index in [2.05, 4.69) is 302 Å². The molecular weight excluding hydrogens is 931 g/mol. The van der Waals surface area contributed by atoms with Crippen molar-refractivity contribution in [3.63, 3.8) is 0 Å². The second kappa shape index (κ2) is 18.1. The summed E-state index contributed by atoms with van der Waals surface area (Å²) in [4.78, 5) is 2.47. The fraction of sp³-hybridized carbons (Fsp3) is 0.0133. The number of rotatable bonds is 9. The first-order chi connectivity index (χ1) is 38.2. The van der Waals surface area contributed by atoms with Crippen molar-refractivity contribution in [2.45, 2.75) is 5.41 Å². The first-order valence-corrected chi connectivity index (χ1v) is 26.6. The average molecular weight is 980 g/mol. The number of para-hydroxylation sites is 1. The lowest BCUT2D eigenvalue weighted by Crippen LogP contribution is -2.28. The molecule has 0 N–H and O–H groups in total. The van der Waals surface area contributed by atoms with E-state index in [0.29, 0.717) is 0 Å². The van der Waals surface area contributed by atoms with E-state index in [1.807, 2.05) is 0 Å². The molecule has 1 aromatic heterocycles. The van der Waals surface area contributed by atoms with Gasteiger partial charge in [0.25, 0.3) is 0 Å². The summed E-state index contributed by atoms with van der Waals surface area (Å²) in [6, 6.07) is 109. The second-order valence-corrected chi connectivity index (χ2v) is 20.3. The predicted molar refractivity (Wildman–Crippen MR) is 322 cm³/mol. The highest BCUT2D eigenvalue weighted by atomic mass is 16.3. The molecule has 360 valence electrons. The molecule has 1 heterocycles. The fourth-order valence-corrected chi connectivity index (χ4v) is 12.8. The van der Waals surface area contributed by atoms with Crippen molar-refractivity contribution in [2.75, 3.05) is 4.90 Å². The molecule has 14 aromatic rings. The Morgan fingerprint density at radius 3 is 1.42 bits per heavy atom. The zero-order valence-electron chi connectivity index (χ0n) is 42.1. The Balaban J connectivity index is 0.975. The highest BCUT2D eigenvalue weighted by Crippen LogP contribution is 2.57. The Bertz CT molecular complexity index is 4450. The van der Waals surface area contributed by atoms with Gasteiger partial charge in [-0.25, -0.2) is 0 Å². The topological polar surface area (TPSA) is 16.4 Å². The number of hydrogen-bond acceptors (Lipinski definition) is 2. The van der Waals surface area contributed by atoms with Crippen molar-refractivity contribution in [1.29, 1.82) is 0 Å². The highest BCUT2D eigenvalue weighted by Gasteiger charge is 2.46. The van der Waals surface area contributed by atoms with Gasteiger partial charge in [-0.1, -0.05) is 249 Å². The minimum atomic E-state index is -0.585. The third kappa shape index (κ3) is 7.10.